The highest BCUT2D eigenvalue weighted by molar-refractivity contribution is 6.03. The van der Waals surface area contributed by atoms with Crippen LogP contribution >= 0.6 is 0 Å². The molecule has 1 aromatic heterocycles. The van der Waals surface area contributed by atoms with Gasteiger partial charge in [-0.1, -0.05) is 13.0 Å². The zero-order valence-electron chi connectivity index (χ0n) is 16.2. The molecular weight excluding hydrogens is 340 g/mol. The first-order valence-electron chi connectivity index (χ1n) is 9.45. The summed E-state index contributed by atoms with van der Waals surface area (Å²) in [6.45, 7) is 6.13. The predicted molar refractivity (Wildman–Crippen MR) is 109 cm³/mol. The third-order valence-electron chi connectivity index (χ3n) is 4.89. The first-order chi connectivity index (χ1) is 13.1. The molecule has 1 aliphatic heterocycles. The lowest BCUT2D eigenvalue weighted by atomic mass is 10.0. The highest BCUT2D eigenvalue weighted by atomic mass is 16.3. The minimum absolute atomic E-state index is 0.209. The van der Waals surface area contributed by atoms with Gasteiger partial charge in [0.1, 0.15) is 11.6 Å². The minimum Gasteiger partial charge on any atom is -0.507 e. The molecule has 3 N–H and O–H groups in total. The number of H-pyrrole nitrogens is 1. The number of rotatable bonds is 5. The van der Waals surface area contributed by atoms with Gasteiger partial charge in [0, 0.05) is 17.3 Å². The summed E-state index contributed by atoms with van der Waals surface area (Å²) in [5, 5.41) is 21.7. The van der Waals surface area contributed by atoms with Gasteiger partial charge in [-0.3, -0.25) is 15.5 Å². The molecule has 7 nitrogen and oxygen atoms in total. The second kappa shape index (κ2) is 8.81. The molecule has 1 fully saturated rings. The number of nitrogens with one attached hydrogen (secondary N) is 2. The van der Waals surface area contributed by atoms with Crippen LogP contribution in [0, 0.1) is 0 Å². The van der Waals surface area contributed by atoms with Crippen molar-refractivity contribution in [1.82, 2.24) is 20.5 Å². The number of likely N-dealkylation sites (tertiary alicyclic amines) is 1. The summed E-state index contributed by atoms with van der Waals surface area (Å²) in [6.07, 6.45) is 6.39. The molecule has 144 valence electrons. The van der Waals surface area contributed by atoms with Gasteiger partial charge in [-0.2, -0.15) is 10.2 Å². The van der Waals surface area contributed by atoms with E-state index in [1.807, 2.05) is 26.0 Å². The number of phenolic OH excluding ortho intramolecular Hbond substituents is 1. The lowest BCUT2D eigenvalue weighted by molar-refractivity contribution is 0.257. The van der Waals surface area contributed by atoms with Gasteiger partial charge < -0.3 is 10.0 Å². The van der Waals surface area contributed by atoms with Crippen LogP contribution in [-0.4, -0.2) is 57.9 Å². The van der Waals surface area contributed by atoms with Crippen LogP contribution in [0.4, 0.5) is 0 Å². The van der Waals surface area contributed by atoms with E-state index in [2.05, 4.69) is 32.7 Å². The maximum Gasteiger partial charge on any atom is 0.125 e. The van der Waals surface area contributed by atoms with Crippen LogP contribution < -0.4 is 5.43 Å². The van der Waals surface area contributed by atoms with Crippen molar-refractivity contribution in [2.45, 2.75) is 39.2 Å². The van der Waals surface area contributed by atoms with Crippen molar-refractivity contribution in [3.05, 3.63) is 36.2 Å². The van der Waals surface area contributed by atoms with Crippen LogP contribution in [0.15, 0.2) is 40.7 Å². The summed E-state index contributed by atoms with van der Waals surface area (Å²) in [7, 11) is 2.15. The number of piperidine rings is 1. The molecule has 7 heteroatoms. The van der Waals surface area contributed by atoms with Crippen LogP contribution in [0.1, 0.15) is 38.7 Å². The highest BCUT2D eigenvalue weighted by Gasteiger charge is 2.15. The van der Waals surface area contributed by atoms with Crippen LogP contribution in [0.5, 0.6) is 5.75 Å². The van der Waals surface area contributed by atoms with Crippen molar-refractivity contribution >= 4 is 11.5 Å². The Bertz CT molecular complexity index is 804. The van der Waals surface area contributed by atoms with E-state index in [9.17, 15) is 5.11 Å². The van der Waals surface area contributed by atoms with E-state index < -0.39 is 0 Å². The molecule has 2 aromatic rings. The number of aromatic hydroxyl groups is 1. The summed E-state index contributed by atoms with van der Waals surface area (Å²) in [5.41, 5.74) is 6.43. The molecule has 0 saturated carbocycles. The molecule has 0 radical (unpaired) electrons. The van der Waals surface area contributed by atoms with Gasteiger partial charge in [-0.05, 0) is 64.0 Å². The number of benzene rings is 1. The number of phenols is 1. The van der Waals surface area contributed by atoms with Gasteiger partial charge in [0.15, 0.2) is 0 Å². The van der Waals surface area contributed by atoms with E-state index in [1.165, 1.54) is 0 Å². The molecule has 0 spiro atoms. The Morgan fingerprint density at radius 2 is 2.11 bits per heavy atom. The maximum atomic E-state index is 10.5. The lowest BCUT2D eigenvalue weighted by Crippen LogP contribution is -2.33. The average molecular weight is 368 g/mol. The van der Waals surface area contributed by atoms with E-state index in [1.54, 1.807) is 18.5 Å². The first kappa shape index (κ1) is 19.1. The normalized spacial score (nSPS) is 17.3. The summed E-state index contributed by atoms with van der Waals surface area (Å²) < 4.78 is 0. The van der Waals surface area contributed by atoms with Crippen molar-refractivity contribution in [2.75, 3.05) is 20.1 Å². The van der Waals surface area contributed by atoms with Gasteiger partial charge in [0.05, 0.1) is 18.0 Å². The van der Waals surface area contributed by atoms with Gasteiger partial charge >= 0.3 is 0 Å². The first-order valence-corrected chi connectivity index (χ1v) is 9.45. The molecule has 2 heterocycles. The quantitative estimate of drug-likeness (QED) is 0.430. The maximum absolute atomic E-state index is 10.5. The molecule has 0 atom stereocenters. The molecule has 1 aromatic carbocycles. The fraction of sp³-hybridized carbons (Fsp3) is 0.450. The summed E-state index contributed by atoms with van der Waals surface area (Å²) in [4.78, 5) is 7.07. The van der Waals surface area contributed by atoms with Crippen molar-refractivity contribution in [2.24, 2.45) is 10.1 Å². The fourth-order valence-corrected chi connectivity index (χ4v) is 3.27. The Morgan fingerprint density at radius 3 is 2.74 bits per heavy atom. The smallest absolute Gasteiger partial charge is 0.125 e. The van der Waals surface area contributed by atoms with Crippen molar-refractivity contribution in [3.63, 3.8) is 0 Å². The van der Waals surface area contributed by atoms with Crippen LogP contribution in [0.2, 0.25) is 0 Å². The molecule has 0 aliphatic carbocycles. The van der Waals surface area contributed by atoms with E-state index in [0.717, 1.165) is 54.2 Å². The molecule has 1 aliphatic rings. The second-order valence-corrected chi connectivity index (χ2v) is 6.99. The zero-order chi connectivity index (χ0) is 19.2. The third kappa shape index (κ3) is 4.95. The van der Waals surface area contributed by atoms with Crippen LogP contribution in [0.25, 0.3) is 11.1 Å². The molecule has 0 unspecified atom stereocenters. The number of nitrogens with zero attached hydrogens (tertiary/aromatic N) is 4. The molecule has 1 saturated heterocycles. The number of aromatic amines is 1. The molecular formula is C20H28N6O. The molecule has 0 bridgehead atoms. The highest BCUT2D eigenvalue weighted by Crippen LogP contribution is 2.27. The summed E-state index contributed by atoms with van der Waals surface area (Å²) >= 11 is 0. The van der Waals surface area contributed by atoms with E-state index >= 15 is 0 Å². The van der Waals surface area contributed by atoms with Crippen molar-refractivity contribution in [1.29, 1.82) is 0 Å². The second-order valence-electron chi connectivity index (χ2n) is 6.99. The largest absolute Gasteiger partial charge is 0.507 e. The Balaban J connectivity index is 1.70. The number of hydrazone groups is 1. The van der Waals surface area contributed by atoms with Gasteiger partial charge in [-0.15, -0.1) is 0 Å². The summed E-state index contributed by atoms with van der Waals surface area (Å²) in [5.74, 6) is 1.02. The van der Waals surface area contributed by atoms with Gasteiger partial charge in [-0.25, -0.2) is 0 Å². The predicted octanol–water partition coefficient (Wildman–Crippen LogP) is 3.00. The Kier molecular flexibility index (Phi) is 6.24. The van der Waals surface area contributed by atoms with E-state index in [4.69, 9.17) is 4.99 Å². The third-order valence-corrected chi connectivity index (χ3v) is 4.89. The van der Waals surface area contributed by atoms with Gasteiger partial charge in [0.2, 0.25) is 0 Å². The topological polar surface area (TPSA) is 88.9 Å². The lowest BCUT2D eigenvalue weighted by Gasteiger charge is -2.26. The van der Waals surface area contributed by atoms with Gasteiger partial charge in [0.25, 0.3) is 0 Å². The Labute approximate surface area is 160 Å². The SMILES string of the molecule is CC/C(=N\NC(C)=NC1CCN(C)CC1)c1ccc(-c2cn[nH]c2)cc1O. The molecule has 3 rings (SSSR count). The fourth-order valence-electron chi connectivity index (χ4n) is 3.27. The number of amidine groups is 1. The number of hydrogen-bond donors (Lipinski definition) is 3. The van der Waals surface area contributed by atoms with E-state index in [0.29, 0.717) is 12.5 Å². The minimum atomic E-state index is 0.209. The number of aliphatic imine (C=N–C) groups is 1. The number of hydrogen-bond acceptors (Lipinski definition) is 5. The Hall–Kier alpha value is -2.67. The summed E-state index contributed by atoms with van der Waals surface area (Å²) in [6, 6.07) is 5.96. The van der Waals surface area contributed by atoms with E-state index in [-0.39, 0.29) is 5.75 Å². The monoisotopic (exact) mass is 368 g/mol. The van der Waals surface area contributed by atoms with Crippen LogP contribution in [-0.2, 0) is 0 Å². The van der Waals surface area contributed by atoms with Crippen LogP contribution in [0.3, 0.4) is 0 Å². The number of aromatic nitrogens is 2. The standard InChI is InChI=1S/C20H28N6O/c1-4-19(25-24-14(2)23-17-7-9-26(3)10-8-17)18-6-5-15(11-20(18)27)16-12-21-22-13-16/h5-6,11-13,17,27H,4,7-10H2,1-3H3,(H,21,22)(H,23,24)/b25-19+. The van der Waals surface area contributed by atoms with Crippen molar-refractivity contribution < 1.29 is 5.11 Å². The molecule has 27 heavy (non-hydrogen) atoms. The van der Waals surface area contributed by atoms with Crippen molar-refractivity contribution in [3.8, 4) is 16.9 Å². The Morgan fingerprint density at radius 1 is 1.33 bits per heavy atom. The zero-order valence-corrected chi connectivity index (χ0v) is 16.2. The molecule has 0 amide bonds. The average Bonchev–Trinajstić information content (AvgIpc) is 3.20.